The third kappa shape index (κ3) is 2.35. The molecule has 9 nitrogen and oxygen atoms in total. The first kappa shape index (κ1) is 15.7. The van der Waals surface area contributed by atoms with E-state index in [0.29, 0.717) is 18.7 Å². The van der Waals surface area contributed by atoms with Crippen LogP contribution in [0.15, 0.2) is 43.0 Å². The van der Waals surface area contributed by atoms with Gasteiger partial charge < -0.3 is 14.0 Å². The minimum absolute atomic E-state index is 0.0455. The largest absolute Gasteiger partial charge is 0.334 e. The van der Waals surface area contributed by atoms with Gasteiger partial charge in [-0.15, -0.1) is 10.2 Å². The minimum Gasteiger partial charge on any atom is -0.334 e. The summed E-state index contributed by atoms with van der Waals surface area (Å²) in [5.41, 5.74) is 2.16. The SMILES string of the molecule is C[C@H]1CN(C(=O)c2cnn3ccn(C)c23)Cc2nnc(-c3ccccn3)n21. The van der Waals surface area contributed by atoms with Crippen molar-refractivity contribution in [3.63, 3.8) is 0 Å². The van der Waals surface area contributed by atoms with Gasteiger partial charge in [-0.3, -0.25) is 9.78 Å². The number of carbonyl (C=O) groups excluding carboxylic acids is 1. The second-order valence-corrected chi connectivity index (χ2v) is 6.79. The number of aryl methyl sites for hydroxylation is 1. The highest BCUT2D eigenvalue weighted by Crippen LogP contribution is 2.27. The molecule has 0 bridgehead atoms. The van der Waals surface area contributed by atoms with Crippen LogP contribution in [0.4, 0.5) is 0 Å². The van der Waals surface area contributed by atoms with E-state index in [0.717, 1.165) is 23.0 Å². The van der Waals surface area contributed by atoms with Gasteiger partial charge in [0.25, 0.3) is 5.91 Å². The molecule has 4 aromatic rings. The van der Waals surface area contributed by atoms with E-state index in [4.69, 9.17) is 0 Å². The third-order valence-corrected chi connectivity index (χ3v) is 4.97. The van der Waals surface area contributed by atoms with Gasteiger partial charge in [-0.2, -0.15) is 5.10 Å². The monoisotopic (exact) mass is 362 g/mol. The molecule has 27 heavy (non-hydrogen) atoms. The van der Waals surface area contributed by atoms with Crippen LogP contribution in [-0.4, -0.2) is 51.3 Å². The molecule has 0 radical (unpaired) electrons. The fraction of sp³-hybridized carbons (Fsp3) is 0.278. The lowest BCUT2D eigenvalue weighted by molar-refractivity contribution is 0.0683. The molecule has 1 aliphatic heterocycles. The highest BCUT2D eigenvalue weighted by Gasteiger charge is 2.31. The minimum atomic E-state index is -0.0488. The van der Waals surface area contributed by atoms with Gasteiger partial charge in [0.05, 0.1) is 18.8 Å². The van der Waals surface area contributed by atoms with Crippen molar-refractivity contribution >= 4 is 11.6 Å². The average molecular weight is 362 g/mol. The maximum Gasteiger partial charge on any atom is 0.259 e. The number of rotatable bonds is 2. The van der Waals surface area contributed by atoms with Gasteiger partial charge in [0, 0.05) is 32.2 Å². The number of imidazole rings is 1. The Morgan fingerprint density at radius 1 is 1.22 bits per heavy atom. The molecule has 5 rings (SSSR count). The van der Waals surface area contributed by atoms with E-state index in [1.807, 2.05) is 42.2 Å². The molecule has 0 spiro atoms. The molecule has 0 saturated carbocycles. The highest BCUT2D eigenvalue weighted by molar-refractivity contribution is 5.99. The number of nitrogens with zero attached hydrogens (tertiary/aromatic N) is 8. The highest BCUT2D eigenvalue weighted by atomic mass is 16.2. The zero-order chi connectivity index (χ0) is 18.5. The van der Waals surface area contributed by atoms with E-state index in [1.165, 1.54) is 0 Å². The van der Waals surface area contributed by atoms with E-state index in [2.05, 4.69) is 31.8 Å². The van der Waals surface area contributed by atoms with E-state index >= 15 is 0 Å². The van der Waals surface area contributed by atoms with Crippen LogP contribution >= 0.6 is 0 Å². The van der Waals surface area contributed by atoms with Crippen molar-refractivity contribution in [2.45, 2.75) is 19.5 Å². The summed E-state index contributed by atoms with van der Waals surface area (Å²) >= 11 is 0. The van der Waals surface area contributed by atoms with Gasteiger partial charge in [-0.25, -0.2) is 4.52 Å². The molecule has 0 unspecified atom stereocenters. The van der Waals surface area contributed by atoms with Crippen molar-refractivity contribution in [1.29, 1.82) is 0 Å². The van der Waals surface area contributed by atoms with Crippen molar-refractivity contribution in [2.24, 2.45) is 7.05 Å². The fourth-order valence-electron chi connectivity index (χ4n) is 3.73. The van der Waals surface area contributed by atoms with Crippen LogP contribution in [0.2, 0.25) is 0 Å². The number of hydrogen-bond acceptors (Lipinski definition) is 5. The van der Waals surface area contributed by atoms with Crippen LogP contribution in [0.5, 0.6) is 0 Å². The van der Waals surface area contributed by atoms with Gasteiger partial charge in [-0.1, -0.05) is 6.07 Å². The molecular weight excluding hydrogens is 344 g/mol. The van der Waals surface area contributed by atoms with Crippen molar-refractivity contribution < 1.29 is 4.79 Å². The van der Waals surface area contributed by atoms with E-state index in [9.17, 15) is 4.79 Å². The molecule has 1 atom stereocenters. The molecule has 0 saturated heterocycles. The Labute approximate surface area is 154 Å². The summed E-state index contributed by atoms with van der Waals surface area (Å²) < 4.78 is 5.68. The van der Waals surface area contributed by atoms with Crippen LogP contribution in [0.1, 0.15) is 29.1 Å². The number of aromatic nitrogens is 7. The smallest absolute Gasteiger partial charge is 0.259 e. The summed E-state index contributed by atoms with van der Waals surface area (Å²) in [4.78, 5) is 19.3. The quantitative estimate of drug-likeness (QED) is 0.540. The second kappa shape index (κ2) is 5.76. The standard InChI is InChI=1S/C18H18N8O/c1-12-10-24(18(27)13-9-20-25-8-7-23(2)17(13)25)11-15-21-22-16(26(12)15)14-5-3-4-6-19-14/h3-9,12H,10-11H2,1-2H3/t12-/m0/s1. The summed E-state index contributed by atoms with van der Waals surface area (Å²) in [6, 6.07) is 5.76. The van der Waals surface area contributed by atoms with Crippen LogP contribution in [0.3, 0.4) is 0 Å². The normalized spacial score (nSPS) is 16.7. The third-order valence-electron chi connectivity index (χ3n) is 4.97. The van der Waals surface area contributed by atoms with Crippen molar-refractivity contribution in [3.05, 3.63) is 54.4 Å². The lowest BCUT2D eigenvalue weighted by Gasteiger charge is -2.32. The summed E-state index contributed by atoms with van der Waals surface area (Å²) in [6.07, 6.45) is 7.08. The Balaban J connectivity index is 1.49. The molecule has 9 heteroatoms. The summed E-state index contributed by atoms with van der Waals surface area (Å²) in [6.45, 7) is 3.05. The molecule has 5 heterocycles. The molecule has 0 aromatic carbocycles. The van der Waals surface area contributed by atoms with E-state index < -0.39 is 0 Å². The number of pyridine rings is 1. The number of amides is 1. The van der Waals surface area contributed by atoms with Gasteiger partial charge in [0.15, 0.2) is 11.6 Å². The lowest BCUT2D eigenvalue weighted by Crippen LogP contribution is -2.40. The number of carbonyl (C=O) groups is 1. The molecule has 0 N–H and O–H groups in total. The summed E-state index contributed by atoms with van der Waals surface area (Å²) in [7, 11) is 1.91. The average Bonchev–Trinajstić information content (AvgIpc) is 3.38. The lowest BCUT2D eigenvalue weighted by atomic mass is 10.2. The molecule has 1 amide bonds. The Bertz CT molecular complexity index is 1140. The molecule has 4 aromatic heterocycles. The molecule has 0 fully saturated rings. The first-order chi connectivity index (χ1) is 13.1. The topological polar surface area (TPSA) is 86.1 Å². The fourth-order valence-corrected chi connectivity index (χ4v) is 3.73. The van der Waals surface area contributed by atoms with Gasteiger partial charge >= 0.3 is 0 Å². The summed E-state index contributed by atoms with van der Waals surface area (Å²) in [5, 5.41) is 12.9. The zero-order valence-electron chi connectivity index (χ0n) is 15.0. The molecule has 136 valence electrons. The second-order valence-electron chi connectivity index (χ2n) is 6.79. The number of fused-ring (bicyclic) bond motifs is 2. The summed E-state index contributed by atoms with van der Waals surface area (Å²) in [5.74, 6) is 1.45. The maximum atomic E-state index is 13.1. The van der Waals surface area contributed by atoms with Gasteiger partial charge in [0.2, 0.25) is 0 Å². The van der Waals surface area contributed by atoms with Crippen LogP contribution in [-0.2, 0) is 13.6 Å². The van der Waals surface area contributed by atoms with Crippen LogP contribution in [0.25, 0.3) is 17.2 Å². The maximum absolute atomic E-state index is 13.1. The Morgan fingerprint density at radius 2 is 2.11 bits per heavy atom. The molecule has 0 aliphatic carbocycles. The van der Waals surface area contributed by atoms with Crippen LogP contribution < -0.4 is 0 Å². The first-order valence-corrected chi connectivity index (χ1v) is 8.76. The Kier molecular flexibility index (Phi) is 3.36. The molecular formula is C18H18N8O. The van der Waals surface area contributed by atoms with Crippen LogP contribution in [0, 0.1) is 0 Å². The number of hydrogen-bond donors (Lipinski definition) is 0. The Hall–Kier alpha value is -3.49. The Morgan fingerprint density at radius 3 is 2.93 bits per heavy atom. The predicted octanol–water partition coefficient (Wildman–Crippen LogP) is 1.54. The van der Waals surface area contributed by atoms with E-state index in [1.54, 1.807) is 21.8 Å². The van der Waals surface area contributed by atoms with Crippen molar-refractivity contribution in [1.82, 2.24) is 38.8 Å². The predicted molar refractivity (Wildman–Crippen MR) is 96.9 cm³/mol. The van der Waals surface area contributed by atoms with Gasteiger partial charge in [0.1, 0.15) is 16.9 Å². The van der Waals surface area contributed by atoms with Gasteiger partial charge in [-0.05, 0) is 19.1 Å². The van der Waals surface area contributed by atoms with E-state index in [-0.39, 0.29) is 11.9 Å². The van der Waals surface area contributed by atoms with Crippen molar-refractivity contribution in [2.75, 3.05) is 6.54 Å². The zero-order valence-corrected chi connectivity index (χ0v) is 15.0. The van der Waals surface area contributed by atoms with Crippen molar-refractivity contribution in [3.8, 4) is 11.5 Å². The first-order valence-electron chi connectivity index (χ1n) is 8.76. The molecule has 1 aliphatic rings.